The molecule has 0 fully saturated rings. The van der Waals surface area contributed by atoms with Crippen LogP contribution >= 0.6 is 11.8 Å². The predicted octanol–water partition coefficient (Wildman–Crippen LogP) is 3.03. The van der Waals surface area contributed by atoms with Crippen molar-refractivity contribution in [2.45, 2.75) is 30.8 Å². The molecule has 7 heteroatoms. The number of rotatable bonds is 6. The highest BCUT2D eigenvalue weighted by molar-refractivity contribution is 8.00. The zero-order valence-corrected chi connectivity index (χ0v) is 13.2. The molecule has 0 saturated heterocycles. The normalized spacial score (nSPS) is 12.0. The lowest BCUT2D eigenvalue weighted by Crippen LogP contribution is -2.23. The van der Waals surface area contributed by atoms with Crippen molar-refractivity contribution in [3.05, 3.63) is 48.6 Å². The second-order valence-corrected chi connectivity index (χ2v) is 6.00. The number of carbonyl (C=O) groups excluding carboxylic acids is 1. The number of carbonyl (C=O) groups is 1. The number of amides is 1. The molecule has 2 aromatic rings. The van der Waals surface area contributed by atoms with Gasteiger partial charge in [-0.05, 0) is 32.0 Å². The van der Waals surface area contributed by atoms with E-state index in [4.69, 9.17) is 0 Å². The fraction of sp³-hybridized carbons (Fsp3) is 0.267. The van der Waals surface area contributed by atoms with E-state index in [-0.39, 0.29) is 11.7 Å². The lowest BCUT2D eigenvalue weighted by Gasteiger charge is -2.12. The molecule has 0 radical (unpaired) electrons. The maximum absolute atomic E-state index is 13.1. The van der Waals surface area contributed by atoms with Crippen molar-refractivity contribution in [2.24, 2.45) is 0 Å². The first-order valence-electron chi connectivity index (χ1n) is 6.75. The number of nitrogens with one attached hydrogen (secondary N) is 1. The first kappa shape index (κ1) is 16.2. The summed E-state index contributed by atoms with van der Waals surface area (Å²) >= 11 is 1.30. The Labute approximate surface area is 132 Å². The van der Waals surface area contributed by atoms with Crippen LogP contribution in [0.15, 0.2) is 42.1 Å². The molecule has 22 heavy (non-hydrogen) atoms. The molecule has 5 nitrogen and oxygen atoms in total. The van der Waals surface area contributed by atoms with E-state index in [1.165, 1.54) is 23.9 Å². The lowest BCUT2D eigenvalue weighted by atomic mass is 10.3. The van der Waals surface area contributed by atoms with Crippen molar-refractivity contribution in [2.75, 3.05) is 5.32 Å². The van der Waals surface area contributed by atoms with Crippen LogP contribution in [0.3, 0.4) is 0 Å². The van der Waals surface area contributed by atoms with Crippen LogP contribution in [0.5, 0.6) is 0 Å². The van der Waals surface area contributed by atoms with Crippen LogP contribution in [-0.4, -0.2) is 25.9 Å². The smallest absolute Gasteiger partial charge is 0.237 e. The molecule has 116 valence electrons. The minimum Gasteiger partial charge on any atom is -0.325 e. The molecule has 1 atom stereocenters. The molecule has 0 bridgehead atoms. The standard InChI is InChI=1S/C15H17FN4OS/c1-4-8-20-11(3)18-19-15(20)22-10(2)14(21)17-13-7-5-6-12(16)9-13/h4-7,9-10H,1,8H2,2-3H3,(H,17,21)/t10-/m0/s1. The van der Waals surface area contributed by atoms with E-state index in [1.807, 2.05) is 11.5 Å². The van der Waals surface area contributed by atoms with Crippen molar-refractivity contribution < 1.29 is 9.18 Å². The highest BCUT2D eigenvalue weighted by atomic mass is 32.2. The molecule has 0 unspecified atom stereocenters. The molecule has 0 aliphatic carbocycles. The highest BCUT2D eigenvalue weighted by Crippen LogP contribution is 2.23. The average molecular weight is 320 g/mol. The summed E-state index contributed by atoms with van der Waals surface area (Å²) in [5, 5.41) is 11.0. The summed E-state index contributed by atoms with van der Waals surface area (Å²) in [6.45, 7) is 7.89. The molecule has 1 aromatic carbocycles. The number of aromatic nitrogens is 3. The third-order valence-corrected chi connectivity index (χ3v) is 4.04. The van der Waals surface area contributed by atoms with Gasteiger partial charge in [0.25, 0.3) is 0 Å². The van der Waals surface area contributed by atoms with E-state index >= 15 is 0 Å². The predicted molar refractivity (Wildman–Crippen MR) is 85.3 cm³/mol. The summed E-state index contributed by atoms with van der Waals surface area (Å²) in [5.41, 5.74) is 0.432. The lowest BCUT2D eigenvalue weighted by molar-refractivity contribution is -0.115. The van der Waals surface area contributed by atoms with Crippen molar-refractivity contribution in [1.82, 2.24) is 14.8 Å². The van der Waals surface area contributed by atoms with Crippen molar-refractivity contribution in [3.63, 3.8) is 0 Å². The SMILES string of the molecule is C=CCn1c(C)nnc1S[C@@H](C)C(=O)Nc1cccc(F)c1. The van der Waals surface area contributed by atoms with Gasteiger partial charge in [0.15, 0.2) is 5.16 Å². The number of anilines is 1. The van der Waals surface area contributed by atoms with Gasteiger partial charge in [-0.2, -0.15) is 0 Å². The summed E-state index contributed by atoms with van der Waals surface area (Å²) in [6, 6.07) is 5.80. The number of allylic oxidation sites excluding steroid dienone is 1. The average Bonchev–Trinajstić information content (AvgIpc) is 2.80. The van der Waals surface area contributed by atoms with E-state index in [2.05, 4.69) is 22.1 Å². The Morgan fingerprint density at radius 1 is 1.55 bits per heavy atom. The topological polar surface area (TPSA) is 59.8 Å². The maximum Gasteiger partial charge on any atom is 0.237 e. The Morgan fingerprint density at radius 2 is 2.32 bits per heavy atom. The van der Waals surface area contributed by atoms with E-state index in [1.54, 1.807) is 25.1 Å². The summed E-state index contributed by atoms with van der Waals surface area (Å²) < 4.78 is 15.0. The summed E-state index contributed by atoms with van der Waals surface area (Å²) in [4.78, 5) is 12.2. The van der Waals surface area contributed by atoms with Crippen LogP contribution < -0.4 is 5.32 Å². The first-order chi connectivity index (χ1) is 10.5. The van der Waals surface area contributed by atoms with Gasteiger partial charge in [-0.3, -0.25) is 4.79 Å². The third-order valence-electron chi connectivity index (χ3n) is 2.96. The summed E-state index contributed by atoms with van der Waals surface area (Å²) in [5.74, 6) is 0.154. The molecule has 2 rings (SSSR count). The van der Waals surface area contributed by atoms with Crippen LogP contribution in [0.4, 0.5) is 10.1 Å². The maximum atomic E-state index is 13.1. The molecule has 0 aliphatic rings. The minimum absolute atomic E-state index is 0.221. The van der Waals surface area contributed by atoms with Crippen LogP contribution in [-0.2, 0) is 11.3 Å². The number of thioether (sulfide) groups is 1. The molecule has 1 amide bonds. The molecule has 0 aliphatic heterocycles. The number of benzene rings is 1. The van der Waals surface area contributed by atoms with Crippen LogP contribution in [0.2, 0.25) is 0 Å². The Bertz CT molecular complexity index is 686. The number of halogens is 1. The third kappa shape index (κ3) is 3.94. The van der Waals surface area contributed by atoms with Crippen molar-refractivity contribution in [1.29, 1.82) is 0 Å². The molecular weight excluding hydrogens is 303 g/mol. The van der Waals surface area contributed by atoms with Gasteiger partial charge in [0.1, 0.15) is 11.6 Å². The monoisotopic (exact) mass is 320 g/mol. The van der Waals surface area contributed by atoms with Gasteiger partial charge >= 0.3 is 0 Å². The Balaban J connectivity index is 2.04. The van der Waals surface area contributed by atoms with Gasteiger partial charge in [-0.1, -0.05) is 23.9 Å². The summed E-state index contributed by atoms with van der Waals surface area (Å²) in [7, 11) is 0. The minimum atomic E-state index is -0.393. The quantitative estimate of drug-likeness (QED) is 0.656. The van der Waals surface area contributed by atoms with Gasteiger partial charge in [-0.15, -0.1) is 16.8 Å². The van der Waals surface area contributed by atoms with Crippen LogP contribution in [0.25, 0.3) is 0 Å². The number of hydrogen-bond acceptors (Lipinski definition) is 4. The Hall–Kier alpha value is -2.15. The fourth-order valence-corrected chi connectivity index (χ4v) is 2.71. The number of nitrogens with zero attached hydrogens (tertiary/aromatic N) is 3. The molecule has 1 N–H and O–H groups in total. The van der Waals surface area contributed by atoms with Crippen molar-refractivity contribution in [3.8, 4) is 0 Å². The van der Waals surface area contributed by atoms with Gasteiger partial charge < -0.3 is 9.88 Å². The number of hydrogen-bond donors (Lipinski definition) is 1. The Kier molecular flexibility index (Phi) is 5.32. The second kappa shape index (κ2) is 7.22. The van der Waals surface area contributed by atoms with Crippen molar-refractivity contribution >= 4 is 23.4 Å². The second-order valence-electron chi connectivity index (χ2n) is 4.69. The Morgan fingerprint density at radius 3 is 3.00 bits per heavy atom. The van der Waals surface area contributed by atoms with E-state index in [0.29, 0.717) is 17.4 Å². The van der Waals surface area contributed by atoms with E-state index < -0.39 is 5.25 Å². The highest BCUT2D eigenvalue weighted by Gasteiger charge is 2.19. The molecule has 1 aromatic heterocycles. The van der Waals surface area contributed by atoms with Gasteiger partial charge in [0.2, 0.25) is 5.91 Å². The fourth-order valence-electron chi connectivity index (χ4n) is 1.81. The zero-order valence-electron chi connectivity index (χ0n) is 12.4. The molecular formula is C15H17FN4OS. The largest absolute Gasteiger partial charge is 0.325 e. The molecule has 0 saturated carbocycles. The summed E-state index contributed by atoms with van der Waals surface area (Å²) in [6.07, 6.45) is 1.75. The zero-order chi connectivity index (χ0) is 16.1. The van der Waals surface area contributed by atoms with E-state index in [9.17, 15) is 9.18 Å². The first-order valence-corrected chi connectivity index (χ1v) is 7.63. The van der Waals surface area contributed by atoms with Crippen LogP contribution in [0.1, 0.15) is 12.7 Å². The van der Waals surface area contributed by atoms with Gasteiger partial charge in [0.05, 0.1) is 5.25 Å². The van der Waals surface area contributed by atoms with Gasteiger partial charge in [0, 0.05) is 12.2 Å². The van der Waals surface area contributed by atoms with Gasteiger partial charge in [-0.25, -0.2) is 4.39 Å². The number of aryl methyl sites for hydroxylation is 1. The van der Waals surface area contributed by atoms with Crippen LogP contribution in [0, 0.1) is 12.7 Å². The van der Waals surface area contributed by atoms with E-state index in [0.717, 1.165) is 5.82 Å². The molecule has 1 heterocycles. The molecule has 0 spiro atoms.